The average molecular weight is 276 g/mol. The Morgan fingerprint density at radius 2 is 1.95 bits per heavy atom. The van der Waals surface area contributed by atoms with Crippen LogP contribution < -0.4 is 15.0 Å². The maximum Gasteiger partial charge on any atom is 0.251 e. The molecule has 0 bridgehead atoms. The molecule has 0 radical (unpaired) electrons. The summed E-state index contributed by atoms with van der Waals surface area (Å²) >= 11 is 0. The summed E-state index contributed by atoms with van der Waals surface area (Å²) in [5.74, 6) is 1.73. The van der Waals surface area contributed by atoms with Gasteiger partial charge in [-0.05, 0) is 12.1 Å². The van der Waals surface area contributed by atoms with Crippen molar-refractivity contribution in [3.05, 3.63) is 40.4 Å². The minimum absolute atomic E-state index is 0.236. The number of nitrogens with one attached hydrogen (secondary N) is 1. The number of aromatic nitrogens is 2. The lowest BCUT2D eigenvalue weighted by molar-refractivity contribution is 0.177. The fourth-order valence-electron chi connectivity index (χ4n) is 1.86. The minimum atomic E-state index is -0.236. The molecule has 20 heavy (non-hydrogen) atoms. The Balaban J connectivity index is 2.52. The Morgan fingerprint density at radius 1 is 1.15 bits per heavy atom. The molecule has 1 aromatic heterocycles. The van der Waals surface area contributed by atoms with Gasteiger partial charge in [0.2, 0.25) is 0 Å². The molecule has 0 aliphatic carbocycles. The predicted octanol–water partition coefficient (Wildman–Crippen LogP) is 1.60. The van der Waals surface area contributed by atoms with Crippen LogP contribution in [0.1, 0.15) is 5.82 Å². The average Bonchev–Trinajstić information content (AvgIpc) is 2.46. The smallest absolute Gasteiger partial charge is 0.251 e. The largest absolute Gasteiger partial charge is 0.497 e. The second-order valence-electron chi connectivity index (χ2n) is 4.08. The molecule has 0 aliphatic heterocycles. The quantitative estimate of drug-likeness (QED) is 0.898. The van der Waals surface area contributed by atoms with Crippen molar-refractivity contribution in [3.63, 3.8) is 0 Å². The highest BCUT2D eigenvalue weighted by Crippen LogP contribution is 2.31. The maximum absolute atomic E-state index is 11.7. The highest BCUT2D eigenvalue weighted by molar-refractivity contribution is 5.68. The van der Waals surface area contributed by atoms with E-state index >= 15 is 0 Å². The summed E-state index contributed by atoms with van der Waals surface area (Å²) in [6.45, 7) is 0.238. The third kappa shape index (κ3) is 2.97. The van der Waals surface area contributed by atoms with Crippen molar-refractivity contribution in [2.75, 3.05) is 21.3 Å². The number of ether oxygens (including phenoxy) is 3. The number of H-pyrrole nitrogens is 1. The Bertz CT molecular complexity index is 652. The van der Waals surface area contributed by atoms with Crippen LogP contribution in [0.4, 0.5) is 0 Å². The number of benzene rings is 1. The van der Waals surface area contributed by atoms with Crippen molar-refractivity contribution in [1.82, 2.24) is 9.97 Å². The lowest BCUT2D eigenvalue weighted by atomic mass is 10.1. The first-order chi connectivity index (χ1) is 9.67. The second-order valence-corrected chi connectivity index (χ2v) is 4.08. The first-order valence-corrected chi connectivity index (χ1v) is 5.99. The molecule has 0 fully saturated rings. The number of rotatable bonds is 5. The van der Waals surface area contributed by atoms with Crippen LogP contribution in [-0.4, -0.2) is 31.3 Å². The van der Waals surface area contributed by atoms with Crippen LogP contribution in [0.15, 0.2) is 29.1 Å². The van der Waals surface area contributed by atoms with E-state index in [0.717, 1.165) is 5.56 Å². The standard InChI is InChI=1S/C14H16N2O4/c1-18-8-13-15-11(7-14(17)16-13)10-5-4-9(19-2)6-12(10)20-3/h4-7H,8H2,1-3H3,(H,15,16,17). The topological polar surface area (TPSA) is 73.4 Å². The zero-order chi connectivity index (χ0) is 14.5. The van der Waals surface area contributed by atoms with Crippen molar-refractivity contribution in [2.24, 2.45) is 0 Å². The monoisotopic (exact) mass is 276 g/mol. The van der Waals surface area contributed by atoms with E-state index in [1.807, 2.05) is 0 Å². The van der Waals surface area contributed by atoms with Crippen molar-refractivity contribution in [1.29, 1.82) is 0 Å². The normalized spacial score (nSPS) is 10.3. The van der Waals surface area contributed by atoms with Crippen LogP contribution in [-0.2, 0) is 11.3 Å². The van der Waals surface area contributed by atoms with Crippen LogP contribution in [0.5, 0.6) is 11.5 Å². The van der Waals surface area contributed by atoms with Gasteiger partial charge in [0.05, 0.1) is 19.9 Å². The molecule has 1 heterocycles. The molecule has 0 amide bonds. The van der Waals surface area contributed by atoms with E-state index in [-0.39, 0.29) is 12.2 Å². The zero-order valence-corrected chi connectivity index (χ0v) is 11.6. The van der Waals surface area contributed by atoms with Crippen LogP contribution in [0, 0.1) is 0 Å². The van der Waals surface area contributed by atoms with Gasteiger partial charge in [0.15, 0.2) is 0 Å². The molecule has 1 aromatic carbocycles. The van der Waals surface area contributed by atoms with Crippen LogP contribution >= 0.6 is 0 Å². The summed E-state index contributed by atoms with van der Waals surface area (Å²) in [5, 5.41) is 0. The van der Waals surface area contributed by atoms with Crippen LogP contribution in [0.3, 0.4) is 0 Å². The van der Waals surface area contributed by atoms with Gasteiger partial charge in [0.25, 0.3) is 5.56 Å². The van der Waals surface area contributed by atoms with E-state index in [1.54, 1.807) is 39.5 Å². The molecular weight excluding hydrogens is 260 g/mol. The molecule has 6 nitrogen and oxygen atoms in total. The van der Waals surface area contributed by atoms with Gasteiger partial charge in [-0.2, -0.15) is 0 Å². The van der Waals surface area contributed by atoms with Gasteiger partial charge in [-0.3, -0.25) is 4.79 Å². The molecular formula is C14H16N2O4. The van der Waals surface area contributed by atoms with E-state index in [2.05, 4.69) is 9.97 Å². The van der Waals surface area contributed by atoms with Gasteiger partial charge >= 0.3 is 0 Å². The van der Waals surface area contributed by atoms with E-state index in [1.165, 1.54) is 6.07 Å². The van der Waals surface area contributed by atoms with Gasteiger partial charge in [0.1, 0.15) is 23.9 Å². The highest BCUT2D eigenvalue weighted by atomic mass is 16.5. The Kier molecular flexibility index (Phi) is 4.37. The second kappa shape index (κ2) is 6.21. The van der Waals surface area contributed by atoms with Gasteiger partial charge in [-0.15, -0.1) is 0 Å². The Morgan fingerprint density at radius 3 is 2.60 bits per heavy atom. The molecule has 2 rings (SSSR count). The fourth-order valence-corrected chi connectivity index (χ4v) is 1.86. The lowest BCUT2D eigenvalue weighted by Crippen LogP contribution is -2.11. The van der Waals surface area contributed by atoms with Gasteiger partial charge < -0.3 is 19.2 Å². The minimum Gasteiger partial charge on any atom is -0.497 e. The van der Waals surface area contributed by atoms with Gasteiger partial charge in [-0.1, -0.05) is 0 Å². The van der Waals surface area contributed by atoms with E-state index in [4.69, 9.17) is 14.2 Å². The van der Waals surface area contributed by atoms with Crippen LogP contribution in [0.25, 0.3) is 11.3 Å². The molecule has 0 unspecified atom stereocenters. The first-order valence-electron chi connectivity index (χ1n) is 5.99. The van der Waals surface area contributed by atoms with Crippen molar-refractivity contribution in [3.8, 4) is 22.8 Å². The summed E-state index contributed by atoms with van der Waals surface area (Å²) in [5.41, 5.74) is 1.01. The summed E-state index contributed by atoms with van der Waals surface area (Å²) in [6.07, 6.45) is 0. The Labute approximate surface area is 116 Å². The van der Waals surface area contributed by atoms with Crippen LogP contribution in [0.2, 0.25) is 0 Å². The molecule has 106 valence electrons. The van der Waals surface area contributed by atoms with Crippen molar-refractivity contribution >= 4 is 0 Å². The molecule has 0 spiro atoms. The van der Waals surface area contributed by atoms with Gasteiger partial charge in [0, 0.05) is 24.8 Å². The SMILES string of the molecule is COCc1nc(-c2ccc(OC)cc2OC)cc(=O)[nH]1. The maximum atomic E-state index is 11.7. The summed E-state index contributed by atoms with van der Waals surface area (Å²) in [6, 6.07) is 6.75. The first kappa shape index (κ1) is 14.1. The third-order valence-corrected chi connectivity index (χ3v) is 2.76. The highest BCUT2D eigenvalue weighted by Gasteiger charge is 2.11. The molecule has 2 aromatic rings. The van der Waals surface area contributed by atoms with Crippen molar-refractivity contribution in [2.45, 2.75) is 6.61 Å². The molecule has 0 atom stereocenters. The Hall–Kier alpha value is -2.34. The number of hydrogen-bond donors (Lipinski definition) is 1. The summed E-state index contributed by atoms with van der Waals surface area (Å²) < 4.78 is 15.4. The van der Waals surface area contributed by atoms with E-state index in [0.29, 0.717) is 23.0 Å². The predicted molar refractivity (Wildman–Crippen MR) is 74.1 cm³/mol. The lowest BCUT2D eigenvalue weighted by Gasteiger charge is -2.10. The van der Waals surface area contributed by atoms with E-state index in [9.17, 15) is 4.79 Å². The zero-order valence-electron chi connectivity index (χ0n) is 11.6. The number of aromatic amines is 1. The fraction of sp³-hybridized carbons (Fsp3) is 0.286. The van der Waals surface area contributed by atoms with Crippen molar-refractivity contribution < 1.29 is 14.2 Å². The summed E-state index contributed by atoms with van der Waals surface area (Å²) in [4.78, 5) is 18.6. The number of nitrogens with zero attached hydrogens (tertiary/aromatic N) is 1. The summed E-state index contributed by atoms with van der Waals surface area (Å²) in [7, 11) is 4.68. The third-order valence-electron chi connectivity index (χ3n) is 2.76. The van der Waals surface area contributed by atoms with E-state index < -0.39 is 0 Å². The van der Waals surface area contributed by atoms with Gasteiger partial charge in [-0.25, -0.2) is 4.98 Å². The molecule has 0 aliphatic rings. The molecule has 0 saturated carbocycles. The number of hydrogen-bond acceptors (Lipinski definition) is 5. The molecule has 0 saturated heterocycles. The molecule has 6 heteroatoms. The molecule has 1 N–H and O–H groups in total. The number of methoxy groups -OCH3 is 3.